The summed E-state index contributed by atoms with van der Waals surface area (Å²) in [6.07, 6.45) is 0.789. The predicted octanol–water partition coefficient (Wildman–Crippen LogP) is 2.69. The Bertz CT molecular complexity index is 504. The van der Waals surface area contributed by atoms with Crippen molar-refractivity contribution in [3.63, 3.8) is 0 Å². The van der Waals surface area contributed by atoms with Crippen LogP contribution in [0.15, 0.2) is 18.2 Å². The molecule has 0 saturated heterocycles. The van der Waals surface area contributed by atoms with Gasteiger partial charge in [0, 0.05) is 23.4 Å². The van der Waals surface area contributed by atoms with Gasteiger partial charge < -0.3 is 15.8 Å². The number of amides is 1. The van der Waals surface area contributed by atoms with Crippen molar-refractivity contribution in [1.29, 1.82) is 0 Å². The van der Waals surface area contributed by atoms with E-state index in [-0.39, 0.29) is 18.0 Å². The maximum absolute atomic E-state index is 12.2. The third-order valence-electron chi connectivity index (χ3n) is 3.59. The summed E-state index contributed by atoms with van der Waals surface area (Å²) in [7, 11) is 0. The van der Waals surface area contributed by atoms with Gasteiger partial charge in [-0.3, -0.25) is 4.79 Å². The molecule has 4 heteroatoms. The van der Waals surface area contributed by atoms with E-state index in [0.29, 0.717) is 6.61 Å². The lowest BCUT2D eigenvalue weighted by Gasteiger charge is -2.30. The van der Waals surface area contributed by atoms with Crippen molar-refractivity contribution in [3.8, 4) is 5.75 Å². The van der Waals surface area contributed by atoms with Crippen LogP contribution in [0.1, 0.15) is 57.3 Å². The molecule has 1 heterocycles. The van der Waals surface area contributed by atoms with Crippen LogP contribution in [0.2, 0.25) is 0 Å². The van der Waals surface area contributed by atoms with Crippen LogP contribution < -0.4 is 15.8 Å². The molecule has 1 aromatic rings. The average Bonchev–Trinajstić information content (AvgIpc) is 2.37. The summed E-state index contributed by atoms with van der Waals surface area (Å²) >= 11 is 0. The second-order valence-corrected chi connectivity index (χ2v) is 6.50. The van der Waals surface area contributed by atoms with E-state index in [2.05, 4.69) is 5.32 Å². The zero-order valence-corrected chi connectivity index (χ0v) is 12.7. The molecular formula is C16H24N2O2. The molecule has 20 heavy (non-hydrogen) atoms. The van der Waals surface area contributed by atoms with Crippen LogP contribution >= 0.6 is 0 Å². The van der Waals surface area contributed by atoms with Crippen molar-refractivity contribution in [2.45, 2.75) is 46.2 Å². The Kier molecular flexibility index (Phi) is 4.04. The molecule has 1 aliphatic heterocycles. The molecule has 4 nitrogen and oxygen atoms in total. The van der Waals surface area contributed by atoms with Crippen molar-refractivity contribution in [2.75, 3.05) is 6.61 Å². The molecule has 110 valence electrons. The first-order valence-electron chi connectivity index (χ1n) is 7.12. The average molecular weight is 276 g/mol. The van der Waals surface area contributed by atoms with Gasteiger partial charge in [0.25, 0.3) is 0 Å². The summed E-state index contributed by atoms with van der Waals surface area (Å²) < 4.78 is 5.66. The zero-order valence-electron chi connectivity index (χ0n) is 12.7. The summed E-state index contributed by atoms with van der Waals surface area (Å²) in [6.45, 7) is 8.33. The number of hydrogen-bond donors (Lipinski definition) is 2. The maximum atomic E-state index is 12.2. The van der Waals surface area contributed by atoms with E-state index in [9.17, 15) is 4.79 Å². The van der Waals surface area contributed by atoms with Gasteiger partial charge in [-0.25, -0.2) is 0 Å². The van der Waals surface area contributed by atoms with Crippen molar-refractivity contribution >= 4 is 5.91 Å². The number of hydrogen-bond acceptors (Lipinski definition) is 3. The van der Waals surface area contributed by atoms with Crippen molar-refractivity contribution in [3.05, 3.63) is 29.3 Å². The highest BCUT2D eigenvalue weighted by molar-refractivity contribution is 5.81. The second kappa shape index (κ2) is 5.44. The van der Waals surface area contributed by atoms with Crippen molar-refractivity contribution in [2.24, 2.45) is 11.1 Å². The van der Waals surface area contributed by atoms with Gasteiger partial charge in [-0.1, -0.05) is 26.8 Å². The summed E-state index contributed by atoms with van der Waals surface area (Å²) in [6, 6.07) is 5.96. The number of ether oxygens (including phenoxy) is 1. The first-order chi connectivity index (χ1) is 9.29. The molecule has 2 rings (SSSR count). The van der Waals surface area contributed by atoms with Crippen LogP contribution in [0.3, 0.4) is 0 Å². The fourth-order valence-electron chi connectivity index (χ4n) is 2.22. The SMILES string of the molecule is CC(N)c1ccc2c(c1)C(NC(=O)C(C)(C)C)CCO2. The van der Waals surface area contributed by atoms with Gasteiger partial charge >= 0.3 is 0 Å². The highest BCUT2D eigenvalue weighted by Crippen LogP contribution is 2.34. The minimum Gasteiger partial charge on any atom is -0.493 e. The van der Waals surface area contributed by atoms with Crippen LogP contribution in [0.4, 0.5) is 0 Å². The lowest BCUT2D eigenvalue weighted by Crippen LogP contribution is -2.39. The molecular weight excluding hydrogens is 252 g/mol. The number of carbonyl (C=O) groups excluding carboxylic acids is 1. The third kappa shape index (κ3) is 3.12. The summed E-state index contributed by atoms with van der Waals surface area (Å²) in [5.41, 5.74) is 7.63. The topological polar surface area (TPSA) is 64.3 Å². The molecule has 0 spiro atoms. The standard InChI is InChI=1S/C16H24N2O2/c1-10(17)11-5-6-14-12(9-11)13(7-8-20-14)18-15(19)16(2,3)4/h5-6,9-10,13H,7-8,17H2,1-4H3,(H,18,19). The number of rotatable bonds is 2. The van der Waals surface area contributed by atoms with Crippen molar-refractivity contribution in [1.82, 2.24) is 5.32 Å². The predicted molar refractivity (Wildman–Crippen MR) is 79.5 cm³/mol. The first kappa shape index (κ1) is 14.9. The highest BCUT2D eigenvalue weighted by atomic mass is 16.5. The molecule has 0 aliphatic carbocycles. The molecule has 0 bridgehead atoms. The Morgan fingerprint density at radius 1 is 1.45 bits per heavy atom. The number of fused-ring (bicyclic) bond motifs is 1. The van der Waals surface area contributed by atoms with Gasteiger partial charge in [-0.2, -0.15) is 0 Å². The number of benzene rings is 1. The van der Waals surface area contributed by atoms with E-state index >= 15 is 0 Å². The second-order valence-electron chi connectivity index (χ2n) is 6.50. The fourth-order valence-corrected chi connectivity index (χ4v) is 2.22. The number of carbonyl (C=O) groups is 1. The van der Waals surface area contributed by atoms with E-state index < -0.39 is 5.41 Å². The quantitative estimate of drug-likeness (QED) is 0.873. The molecule has 1 amide bonds. The van der Waals surface area contributed by atoms with Crippen LogP contribution in [0.5, 0.6) is 5.75 Å². The molecule has 2 atom stereocenters. The van der Waals surface area contributed by atoms with Gasteiger partial charge in [0.2, 0.25) is 5.91 Å². The molecule has 0 radical (unpaired) electrons. The zero-order chi connectivity index (χ0) is 14.9. The van der Waals surface area contributed by atoms with Crippen LogP contribution in [0, 0.1) is 5.41 Å². The Morgan fingerprint density at radius 3 is 2.75 bits per heavy atom. The minimum absolute atomic E-state index is 0.00387. The van der Waals surface area contributed by atoms with Gasteiger partial charge in [-0.15, -0.1) is 0 Å². The summed E-state index contributed by atoms with van der Waals surface area (Å²) in [4.78, 5) is 12.2. The molecule has 0 fully saturated rings. The summed E-state index contributed by atoms with van der Waals surface area (Å²) in [5, 5.41) is 3.12. The van der Waals surface area contributed by atoms with Gasteiger partial charge in [0.05, 0.1) is 12.6 Å². The Morgan fingerprint density at radius 2 is 2.15 bits per heavy atom. The monoisotopic (exact) mass is 276 g/mol. The molecule has 1 aliphatic rings. The molecule has 0 aromatic heterocycles. The lowest BCUT2D eigenvalue weighted by atomic mass is 9.92. The van der Waals surface area contributed by atoms with E-state index in [1.165, 1.54) is 0 Å². The fraction of sp³-hybridized carbons (Fsp3) is 0.562. The lowest BCUT2D eigenvalue weighted by molar-refractivity contribution is -0.129. The minimum atomic E-state index is -0.392. The molecule has 3 N–H and O–H groups in total. The first-order valence-corrected chi connectivity index (χ1v) is 7.12. The van der Waals surface area contributed by atoms with E-state index in [0.717, 1.165) is 23.3 Å². The Hall–Kier alpha value is -1.55. The van der Waals surface area contributed by atoms with Gasteiger partial charge in [-0.05, 0) is 24.6 Å². The van der Waals surface area contributed by atoms with E-state index in [1.807, 2.05) is 45.9 Å². The third-order valence-corrected chi connectivity index (χ3v) is 3.59. The molecule has 2 unspecified atom stereocenters. The largest absolute Gasteiger partial charge is 0.493 e. The highest BCUT2D eigenvalue weighted by Gasteiger charge is 2.28. The van der Waals surface area contributed by atoms with Gasteiger partial charge in [0.1, 0.15) is 5.75 Å². The van der Waals surface area contributed by atoms with Crippen LogP contribution in [-0.2, 0) is 4.79 Å². The summed E-state index contributed by atoms with van der Waals surface area (Å²) in [5.74, 6) is 0.904. The Labute approximate surface area is 120 Å². The normalized spacial score (nSPS) is 19.8. The van der Waals surface area contributed by atoms with E-state index in [4.69, 9.17) is 10.5 Å². The van der Waals surface area contributed by atoms with Crippen LogP contribution in [-0.4, -0.2) is 12.5 Å². The van der Waals surface area contributed by atoms with Gasteiger partial charge in [0.15, 0.2) is 0 Å². The van der Waals surface area contributed by atoms with Crippen LogP contribution in [0.25, 0.3) is 0 Å². The molecule has 0 saturated carbocycles. The van der Waals surface area contributed by atoms with Crippen molar-refractivity contribution < 1.29 is 9.53 Å². The maximum Gasteiger partial charge on any atom is 0.225 e. The number of nitrogens with one attached hydrogen (secondary N) is 1. The number of nitrogens with two attached hydrogens (primary N) is 1. The smallest absolute Gasteiger partial charge is 0.225 e. The van der Waals surface area contributed by atoms with E-state index in [1.54, 1.807) is 0 Å². The molecule has 1 aromatic carbocycles. The Balaban J connectivity index is 2.27.